The van der Waals surface area contributed by atoms with Gasteiger partial charge in [-0.1, -0.05) is 24.3 Å². The molecule has 0 aliphatic carbocycles. The minimum absolute atomic E-state index is 0.141. The summed E-state index contributed by atoms with van der Waals surface area (Å²) in [4.78, 5) is 13.6. The van der Waals surface area contributed by atoms with E-state index in [2.05, 4.69) is 17.9 Å². The first kappa shape index (κ1) is 17.7. The normalized spacial score (nSPS) is 11.1. The zero-order valence-corrected chi connectivity index (χ0v) is 13.3. The van der Waals surface area contributed by atoms with Crippen LogP contribution < -0.4 is 4.72 Å². The van der Waals surface area contributed by atoms with Crippen LogP contribution >= 0.6 is 0 Å². The van der Waals surface area contributed by atoms with E-state index in [9.17, 15) is 13.2 Å². The highest BCUT2D eigenvalue weighted by Gasteiger charge is 2.06. The van der Waals surface area contributed by atoms with Gasteiger partial charge in [-0.15, -0.1) is 13.2 Å². The molecule has 0 heterocycles. The van der Waals surface area contributed by atoms with Crippen LogP contribution in [0.4, 0.5) is 5.69 Å². The fourth-order valence-corrected chi connectivity index (χ4v) is 2.28. The third-order valence-corrected chi connectivity index (χ3v) is 3.25. The Bertz CT molecular complexity index is 651. The van der Waals surface area contributed by atoms with Crippen molar-refractivity contribution in [1.29, 1.82) is 0 Å². The van der Waals surface area contributed by atoms with E-state index >= 15 is 0 Å². The summed E-state index contributed by atoms with van der Waals surface area (Å²) in [6, 6.07) is 6.72. The lowest BCUT2D eigenvalue weighted by atomic mass is 10.2. The molecule has 118 valence electrons. The van der Waals surface area contributed by atoms with Crippen molar-refractivity contribution >= 4 is 27.7 Å². The van der Waals surface area contributed by atoms with Crippen molar-refractivity contribution in [2.45, 2.75) is 0 Å². The van der Waals surface area contributed by atoms with Crippen molar-refractivity contribution in [3.63, 3.8) is 0 Å². The molecule has 0 unspecified atom stereocenters. The van der Waals surface area contributed by atoms with Crippen LogP contribution in [0, 0.1) is 0 Å². The van der Waals surface area contributed by atoms with Crippen molar-refractivity contribution in [1.82, 2.24) is 4.90 Å². The lowest BCUT2D eigenvalue weighted by Crippen LogP contribution is -2.29. The van der Waals surface area contributed by atoms with Gasteiger partial charge in [0.1, 0.15) is 0 Å². The Hall–Kier alpha value is -2.34. The van der Waals surface area contributed by atoms with Gasteiger partial charge in [0.05, 0.1) is 6.26 Å². The van der Waals surface area contributed by atoms with Gasteiger partial charge in [0.25, 0.3) is 0 Å². The summed E-state index contributed by atoms with van der Waals surface area (Å²) in [5, 5.41) is 0. The second-order valence-corrected chi connectivity index (χ2v) is 6.40. The number of carbonyl (C=O) groups excluding carboxylic acids is 1. The molecule has 0 atom stereocenters. The molecule has 0 aromatic heterocycles. The van der Waals surface area contributed by atoms with Gasteiger partial charge in [0.15, 0.2) is 0 Å². The van der Waals surface area contributed by atoms with E-state index in [1.165, 1.54) is 6.08 Å². The molecule has 22 heavy (non-hydrogen) atoms. The van der Waals surface area contributed by atoms with Gasteiger partial charge < -0.3 is 4.90 Å². The first-order chi connectivity index (χ1) is 10.4. The highest BCUT2D eigenvalue weighted by atomic mass is 32.2. The number of hydrogen-bond acceptors (Lipinski definition) is 3. The van der Waals surface area contributed by atoms with E-state index in [0.29, 0.717) is 18.8 Å². The number of sulfonamides is 1. The summed E-state index contributed by atoms with van der Waals surface area (Å²) in [5.74, 6) is -0.141. The monoisotopic (exact) mass is 320 g/mol. The number of rotatable bonds is 8. The standard InChI is InChI=1S/C16H20N2O3S/c1-4-12-18(13-5-2)16(19)11-8-14-6-9-15(10-7-14)17-22(3,20)21/h4-11,17H,1-2,12-13H2,3H3/b11-8+. The molecule has 0 fully saturated rings. The van der Waals surface area contributed by atoms with Crippen LogP contribution in [0.15, 0.2) is 55.7 Å². The summed E-state index contributed by atoms with van der Waals surface area (Å²) in [6.07, 6.45) is 7.53. The third kappa shape index (κ3) is 6.41. The lowest BCUT2D eigenvalue weighted by molar-refractivity contribution is -0.124. The highest BCUT2D eigenvalue weighted by Crippen LogP contribution is 2.12. The Labute approximate surface area is 131 Å². The maximum atomic E-state index is 12.0. The smallest absolute Gasteiger partial charge is 0.247 e. The number of carbonyl (C=O) groups is 1. The Morgan fingerprint density at radius 1 is 1.18 bits per heavy atom. The number of amides is 1. The fourth-order valence-electron chi connectivity index (χ4n) is 1.72. The van der Waals surface area contributed by atoms with Crippen molar-refractivity contribution in [2.24, 2.45) is 0 Å². The van der Waals surface area contributed by atoms with Crippen LogP contribution in [0.5, 0.6) is 0 Å². The van der Waals surface area contributed by atoms with Gasteiger partial charge in [-0.3, -0.25) is 9.52 Å². The molecular weight excluding hydrogens is 300 g/mol. The zero-order chi connectivity index (χ0) is 16.6. The van der Waals surface area contributed by atoms with Gasteiger partial charge in [0, 0.05) is 24.9 Å². The molecule has 0 saturated carbocycles. The van der Waals surface area contributed by atoms with E-state index in [0.717, 1.165) is 11.8 Å². The summed E-state index contributed by atoms with van der Waals surface area (Å²) in [7, 11) is -3.29. The van der Waals surface area contributed by atoms with Gasteiger partial charge in [-0.2, -0.15) is 0 Å². The van der Waals surface area contributed by atoms with E-state index in [1.54, 1.807) is 47.4 Å². The average Bonchev–Trinajstić information content (AvgIpc) is 2.44. The zero-order valence-electron chi connectivity index (χ0n) is 12.5. The van der Waals surface area contributed by atoms with Crippen molar-refractivity contribution < 1.29 is 13.2 Å². The second kappa shape index (κ2) is 8.19. The predicted octanol–water partition coefficient (Wildman–Crippen LogP) is 2.27. The molecule has 0 bridgehead atoms. The van der Waals surface area contributed by atoms with Crippen LogP contribution in [0.2, 0.25) is 0 Å². The fraction of sp³-hybridized carbons (Fsp3) is 0.188. The molecule has 0 saturated heterocycles. The SMILES string of the molecule is C=CCN(CC=C)C(=O)/C=C/c1ccc(NS(C)(=O)=O)cc1. The van der Waals surface area contributed by atoms with Crippen LogP contribution in [-0.2, 0) is 14.8 Å². The van der Waals surface area contributed by atoms with Gasteiger partial charge in [-0.05, 0) is 23.8 Å². The highest BCUT2D eigenvalue weighted by molar-refractivity contribution is 7.92. The quantitative estimate of drug-likeness (QED) is 0.590. The molecule has 6 heteroatoms. The molecule has 1 N–H and O–H groups in total. The van der Waals surface area contributed by atoms with E-state index in [1.807, 2.05) is 0 Å². The maximum Gasteiger partial charge on any atom is 0.247 e. The molecule has 1 aromatic rings. The van der Waals surface area contributed by atoms with Crippen molar-refractivity contribution in [3.8, 4) is 0 Å². The summed E-state index contributed by atoms with van der Waals surface area (Å²) in [6.45, 7) is 8.13. The molecule has 5 nitrogen and oxygen atoms in total. The first-order valence-corrected chi connectivity index (χ1v) is 8.51. The molecule has 1 rings (SSSR count). The minimum Gasteiger partial charge on any atom is -0.332 e. The van der Waals surface area contributed by atoms with Crippen LogP contribution in [0.3, 0.4) is 0 Å². The summed E-state index contributed by atoms with van der Waals surface area (Å²) in [5.41, 5.74) is 1.27. The summed E-state index contributed by atoms with van der Waals surface area (Å²) < 4.78 is 24.6. The van der Waals surface area contributed by atoms with Crippen molar-refractivity contribution in [3.05, 3.63) is 61.2 Å². The molecule has 1 aromatic carbocycles. The van der Waals surface area contributed by atoms with Gasteiger partial charge in [-0.25, -0.2) is 8.42 Å². The molecule has 0 radical (unpaired) electrons. The van der Waals surface area contributed by atoms with Crippen LogP contribution in [0.1, 0.15) is 5.56 Å². The Kier molecular flexibility index (Phi) is 6.59. The number of benzene rings is 1. The van der Waals surface area contributed by atoms with Crippen molar-refractivity contribution in [2.75, 3.05) is 24.1 Å². The molecule has 0 aliphatic heterocycles. The topological polar surface area (TPSA) is 66.5 Å². The Morgan fingerprint density at radius 2 is 1.73 bits per heavy atom. The number of anilines is 1. The second-order valence-electron chi connectivity index (χ2n) is 4.65. The van der Waals surface area contributed by atoms with Gasteiger partial charge in [0.2, 0.25) is 15.9 Å². The number of hydrogen-bond donors (Lipinski definition) is 1. The Morgan fingerprint density at radius 3 is 2.18 bits per heavy atom. The molecular formula is C16H20N2O3S. The minimum atomic E-state index is -3.29. The average molecular weight is 320 g/mol. The van der Waals surface area contributed by atoms with Crippen LogP contribution in [0.25, 0.3) is 6.08 Å². The Balaban J connectivity index is 2.75. The number of nitrogens with zero attached hydrogens (tertiary/aromatic N) is 1. The maximum absolute atomic E-state index is 12.0. The lowest BCUT2D eigenvalue weighted by Gasteiger charge is -2.16. The van der Waals surface area contributed by atoms with E-state index in [-0.39, 0.29) is 5.91 Å². The van der Waals surface area contributed by atoms with Gasteiger partial charge >= 0.3 is 0 Å². The van der Waals surface area contributed by atoms with E-state index in [4.69, 9.17) is 0 Å². The van der Waals surface area contributed by atoms with E-state index < -0.39 is 10.0 Å². The molecule has 0 spiro atoms. The number of nitrogens with one attached hydrogen (secondary N) is 1. The summed E-state index contributed by atoms with van der Waals surface area (Å²) >= 11 is 0. The molecule has 1 amide bonds. The largest absolute Gasteiger partial charge is 0.332 e. The third-order valence-electron chi connectivity index (χ3n) is 2.64. The molecule has 0 aliphatic rings. The predicted molar refractivity (Wildman–Crippen MR) is 90.9 cm³/mol. The van der Waals surface area contributed by atoms with Crippen LogP contribution in [-0.4, -0.2) is 38.6 Å². The first-order valence-electron chi connectivity index (χ1n) is 6.62.